The van der Waals surface area contributed by atoms with Crippen molar-refractivity contribution in [3.63, 3.8) is 0 Å². The Morgan fingerprint density at radius 2 is 1.93 bits per heavy atom. The fourth-order valence-corrected chi connectivity index (χ4v) is 6.55. The zero-order valence-electron chi connectivity index (χ0n) is 26.8. The molecular weight excluding hydrogens is 620 g/mol. The highest BCUT2D eigenvalue weighted by molar-refractivity contribution is 7.52. The van der Waals surface area contributed by atoms with Gasteiger partial charge >= 0.3 is 13.7 Å². The summed E-state index contributed by atoms with van der Waals surface area (Å²) in [7, 11) is -2.98. The Labute approximate surface area is 266 Å². The highest BCUT2D eigenvalue weighted by Crippen LogP contribution is 2.49. The topological polar surface area (TPSA) is 156 Å². The number of hydrogen-bond donors (Lipinski definition) is 2. The van der Waals surface area contributed by atoms with E-state index in [2.05, 4.69) is 20.0 Å². The Hall–Kier alpha value is -3.68. The number of alkyl halides is 1. The Morgan fingerprint density at radius 1 is 1.22 bits per heavy atom. The summed E-state index contributed by atoms with van der Waals surface area (Å²) >= 11 is 0. The van der Waals surface area contributed by atoms with E-state index in [-0.39, 0.29) is 29.3 Å². The molecule has 15 heteroatoms. The molecule has 4 aromatic rings. The first kappa shape index (κ1) is 33.7. The van der Waals surface area contributed by atoms with Gasteiger partial charge in [0.05, 0.1) is 26.7 Å². The largest absolute Gasteiger partial charge is 0.479 e. The number of esters is 1. The van der Waals surface area contributed by atoms with Gasteiger partial charge < -0.3 is 23.8 Å². The number of aromatic nitrogens is 4. The van der Waals surface area contributed by atoms with Crippen LogP contribution in [0, 0.1) is 12.3 Å². The fourth-order valence-electron chi connectivity index (χ4n) is 5.03. The van der Waals surface area contributed by atoms with Gasteiger partial charge in [-0.15, -0.1) is 0 Å². The lowest BCUT2D eigenvalue weighted by atomic mass is 9.98. The minimum Gasteiger partial charge on any atom is -0.479 e. The van der Waals surface area contributed by atoms with Gasteiger partial charge in [-0.25, -0.2) is 18.9 Å². The number of hydrogen-bond acceptors (Lipinski definition) is 11. The Balaban J connectivity index is 1.40. The predicted molar refractivity (Wildman–Crippen MR) is 167 cm³/mol. The normalized spacial score (nSPS) is 23.7. The molecule has 248 valence electrons. The molecule has 3 heterocycles. The van der Waals surface area contributed by atoms with Crippen LogP contribution in [0.3, 0.4) is 0 Å². The van der Waals surface area contributed by atoms with Crippen LogP contribution in [0.1, 0.15) is 46.7 Å². The van der Waals surface area contributed by atoms with Crippen molar-refractivity contribution in [2.75, 3.05) is 20.3 Å². The lowest BCUT2D eigenvalue weighted by Gasteiger charge is -2.26. The van der Waals surface area contributed by atoms with Crippen molar-refractivity contribution >= 4 is 35.7 Å². The van der Waals surface area contributed by atoms with Crippen molar-refractivity contribution in [2.45, 2.75) is 71.7 Å². The third-order valence-corrected chi connectivity index (χ3v) is 8.99. The molecule has 5 rings (SSSR count). The van der Waals surface area contributed by atoms with E-state index < -0.39 is 50.5 Å². The number of methoxy groups -OCH3 is 1. The quantitative estimate of drug-likeness (QED) is 0.163. The molecule has 0 bridgehead atoms. The van der Waals surface area contributed by atoms with Crippen LogP contribution < -0.4 is 14.3 Å². The van der Waals surface area contributed by atoms with Gasteiger partial charge in [-0.1, -0.05) is 57.2 Å². The molecule has 1 saturated heterocycles. The molecule has 13 nitrogen and oxygen atoms in total. The van der Waals surface area contributed by atoms with Crippen molar-refractivity contribution in [1.82, 2.24) is 24.6 Å². The fraction of sp³-hybridized carbons (Fsp3) is 0.484. The average Bonchev–Trinajstić information content (AvgIpc) is 3.51. The molecule has 1 aliphatic heterocycles. The number of aliphatic hydroxyl groups is 1. The number of nitrogens with zero attached hydrogens (tertiary/aromatic N) is 4. The number of imidazole rings is 1. The maximum Gasteiger partial charge on any atom is 0.459 e. The van der Waals surface area contributed by atoms with Gasteiger partial charge in [-0.2, -0.15) is 10.1 Å². The van der Waals surface area contributed by atoms with Crippen LogP contribution in [-0.2, 0) is 23.4 Å². The van der Waals surface area contributed by atoms with Gasteiger partial charge in [0.2, 0.25) is 5.88 Å². The molecule has 6 atom stereocenters. The molecule has 0 saturated carbocycles. The predicted octanol–water partition coefficient (Wildman–Crippen LogP) is 5.05. The summed E-state index contributed by atoms with van der Waals surface area (Å²) in [5.74, 6) is 0.118. The number of benzene rings is 2. The molecule has 2 aromatic carbocycles. The molecular formula is C31H39FN5O8P. The number of rotatable bonds is 11. The monoisotopic (exact) mass is 659 g/mol. The maximum atomic E-state index is 15.9. The third-order valence-electron chi connectivity index (χ3n) is 7.37. The van der Waals surface area contributed by atoms with E-state index in [0.717, 1.165) is 5.39 Å². The summed E-state index contributed by atoms with van der Waals surface area (Å²) in [6.07, 6.45) is -3.36. The first-order valence-electron chi connectivity index (χ1n) is 14.8. The number of aryl methyl sites for hydroxylation is 1. The zero-order chi connectivity index (χ0) is 33.4. The lowest BCUT2D eigenvalue weighted by molar-refractivity contribution is -0.148. The molecule has 1 aliphatic rings. The number of halogens is 1. The summed E-state index contributed by atoms with van der Waals surface area (Å²) in [5.41, 5.74) is -1.81. The van der Waals surface area contributed by atoms with Crippen LogP contribution in [0.5, 0.6) is 11.6 Å². The van der Waals surface area contributed by atoms with Crippen molar-refractivity contribution in [3.8, 4) is 11.6 Å². The molecule has 46 heavy (non-hydrogen) atoms. The van der Waals surface area contributed by atoms with Crippen LogP contribution in [0.4, 0.5) is 4.39 Å². The average molecular weight is 660 g/mol. The number of carbonyl (C=O) groups excluding carboxylic acids is 1. The van der Waals surface area contributed by atoms with E-state index in [0.29, 0.717) is 16.7 Å². The smallest absolute Gasteiger partial charge is 0.459 e. The highest BCUT2D eigenvalue weighted by Gasteiger charge is 2.55. The van der Waals surface area contributed by atoms with E-state index in [1.165, 1.54) is 31.9 Å². The summed E-state index contributed by atoms with van der Waals surface area (Å²) in [6.45, 7) is 9.62. The number of nitrogens with one attached hydrogen (secondary N) is 1. The Morgan fingerprint density at radius 3 is 2.65 bits per heavy atom. The highest BCUT2D eigenvalue weighted by atomic mass is 31.2. The van der Waals surface area contributed by atoms with Crippen molar-refractivity contribution in [1.29, 1.82) is 0 Å². The summed E-state index contributed by atoms with van der Waals surface area (Å²) in [6, 6.07) is 11.3. The first-order chi connectivity index (χ1) is 21.6. The van der Waals surface area contributed by atoms with Gasteiger partial charge in [0.15, 0.2) is 23.6 Å². The van der Waals surface area contributed by atoms with E-state index in [1.54, 1.807) is 31.2 Å². The van der Waals surface area contributed by atoms with Crippen LogP contribution >= 0.6 is 7.75 Å². The van der Waals surface area contributed by atoms with E-state index in [4.69, 9.17) is 23.3 Å². The summed E-state index contributed by atoms with van der Waals surface area (Å²) < 4.78 is 60.0. The van der Waals surface area contributed by atoms with Crippen molar-refractivity contribution < 1.29 is 42.1 Å². The van der Waals surface area contributed by atoms with E-state index in [9.17, 15) is 14.5 Å². The standard InChI is InChI=1S/C31H39FN5O8P/c1-18(28(38)42-16-30(3,4)5)36-46(40,45-22-14-10-12-20-11-8-9-13-21(20)22)43-15-23-25(32)31(6,39)29(44-23)37-17-33-24-26(37)34-19(2)35-27(24)41-7/h8-14,17-18,23,25,29,39H,15-16H2,1-7H3,(H,36,40)/t18-,23+,25-,29+,31+,46?/m0/s1. The second-order valence-corrected chi connectivity index (χ2v) is 14.3. The van der Waals surface area contributed by atoms with Gasteiger partial charge in [-0.3, -0.25) is 13.9 Å². The molecule has 2 aromatic heterocycles. The number of fused-ring (bicyclic) bond motifs is 2. The maximum absolute atomic E-state index is 15.9. The zero-order valence-corrected chi connectivity index (χ0v) is 27.7. The van der Waals surface area contributed by atoms with Gasteiger partial charge in [0.1, 0.15) is 29.3 Å². The molecule has 0 spiro atoms. The minimum atomic E-state index is -4.41. The Kier molecular flexibility index (Phi) is 9.40. The summed E-state index contributed by atoms with van der Waals surface area (Å²) in [4.78, 5) is 25.7. The number of carbonyl (C=O) groups is 1. The molecule has 0 amide bonds. The second-order valence-electron chi connectivity index (χ2n) is 12.6. The Bertz CT molecular complexity index is 1770. The lowest BCUT2D eigenvalue weighted by Crippen LogP contribution is -2.42. The SMILES string of the molecule is COc1nc(C)nc2c1ncn2[C@@H]1O[C@H](COP(=O)(N[C@@H](C)C(=O)OCC(C)(C)C)Oc2cccc3ccccc23)[C@H](F)[C@@]1(C)O. The van der Waals surface area contributed by atoms with Crippen LogP contribution in [-0.4, -0.2) is 74.8 Å². The second kappa shape index (κ2) is 12.8. The van der Waals surface area contributed by atoms with E-state index in [1.807, 2.05) is 39.0 Å². The van der Waals surface area contributed by atoms with Gasteiger partial charge in [-0.05, 0) is 37.6 Å². The summed E-state index contributed by atoms with van der Waals surface area (Å²) in [5, 5.41) is 15.4. The number of ether oxygens (including phenoxy) is 3. The molecule has 0 aliphatic carbocycles. The first-order valence-corrected chi connectivity index (χ1v) is 16.3. The molecule has 0 radical (unpaired) electrons. The third kappa shape index (κ3) is 7.01. The van der Waals surface area contributed by atoms with E-state index >= 15 is 4.39 Å². The minimum absolute atomic E-state index is 0.127. The molecule has 1 unspecified atom stereocenters. The van der Waals surface area contributed by atoms with Gasteiger partial charge in [0.25, 0.3) is 0 Å². The van der Waals surface area contributed by atoms with Crippen LogP contribution in [0.2, 0.25) is 0 Å². The van der Waals surface area contributed by atoms with Crippen molar-refractivity contribution in [3.05, 3.63) is 54.6 Å². The van der Waals surface area contributed by atoms with Crippen molar-refractivity contribution in [2.24, 2.45) is 5.41 Å². The van der Waals surface area contributed by atoms with Crippen LogP contribution in [0.15, 0.2) is 48.8 Å². The molecule has 1 fully saturated rings. The van der Waals surface area contributed by atoms with Gasteiger partial charge in [0, 0.05) is 5.39 Å². The van der Waals surface area contributed by atoms with Crippen LogP contribution in [0.25, 0.3) is 21.9 Å². The molecule has 2 N–H and O–H groups in total.